The van der Waals surface area contributed by atoms with E-state index in [1.165, 1.54) is 0 Å². The van der Waals surface area contributed by atoms with Gasteiger partial charge in [0.25, 0.3) is 5.91 Å². The second-order valence-corrected chi connectivity index (χ2v) is 4.10. The molecule has 0 bridgehead atoms. The molecule has 2 aromatic carbocycles. The summed E-state index contributed by atoms with van der Waals surface area (Å²) in [4.78, 5) is 11.3. The van der Waals surface area contributed by atoms with Gasteiger partial charge in [-0.25, -0.2) is 0 Å². The van der Waals surface area contributed by atoms with Crippen LogP contribution in [0.5, 0.6) is 17.2 Å². The summed E-state index contributed by atoms with van der Waals surface area (Å²) in [6.45, 7) is 2.38. The third kappa shape index (κ3) is 3.00. The fourth-order valence-electron chi connectivity index (χ4n) is 1.74. The number of hydrogen-bond donors (Lipinski definition) is 2. The third-order valence-electron chi connectivity index (χ3n) is 2.67. The average Bonchev–Trinajstić information content (AvgIpc) is 2.43. The highest BCUT2D eigenvalue weighted by atomic mass is 16.5. The Morgan fingerprint density at radius 1 is 1.15 bits per heavy atom. The molecule has 5 nitrogen and oxygen atoms in total. The lowest BCUT2D eigenvalue weighted by atomic mass is 10.2. The van der Waals surface area contributed by atoms with E-state index < -0.39 is 5.91 Å². The SMILES string of the molecule is CCOc1cc(Oc2ccccc2C(N)=O)ccc1N. The van der Waals surface area contributed by atoms with E-state index in [0.717, 1.165) is 0 Å². The largest absolute Gasteiger partial charge is 0.492 e. The standard InChI is InChI=1S/C15H16N2O3/c1-2-19-14-9-10(7-8-12(14)16)20-13-6-4-3-5-11(13)15(17)18/h3-9H,2,16H2,1H3,(H2,17,18). The third-order valence-corrected chi connectivity index (χ3v) is 2.67. The number of hydrogen-bond acceptors (Lipinski definition) is 4. The summed E-state index contributed by atoms with van der Waals surface area (Å²) in [6.07, 6.45) is 0. The lowest BCUT2D eigenvalue weighted by Crippen LogP contribution is -2.12. The molecule has 0 aliphatic heterocycles. The van der Waals surface area contributed by atoms with Crippen molar-refractivity contribution >= 4 is 11.6 Å². The van der Waals surface area contributed by atoms with Crippen molar-refractivity contribution in [2.24, 2.45) is 5.73 Å². The molecule has 0 atom stereocenters. The number of benzene rings is 2. The van der Waals surface area contributed by atoms with E-state index in [4.69, 9.17) is 20.9 Å². The van der Waals surface area contributed by atoms with E-state index in [1.807, 2.05) is 6.92 Å². The summed E-state index contributed by atoms with van der Waals surface area (Å²) >= 11 is 0. The summed E-state index contributed by atoms with van der Waals surface area (Å²) in [6, 6.07) is 11.8. The summed E-state index contributed by atoms with van der Waals surface area (Å²) in [5.74, 6) is 0.922. The molecular weight excluding hydrogens is 256 g/mol. The maximum atomic E-state index is 11.3. The Morgan fingerprint density at radius 3 is 2.60 bits per heavy atom. The molecule has 0 aliphatic rings. The average molecular weight is 272 g/mol. The lowest BCUT2D eigenvalue weighted by molar-refractivity contribution is 0.0998. The van der Waals surface area contributed by atoms with Crippen molar-refractivity contribution in [2.75, 3.05) is 12.3 Å². The minimum absolute atomic E-state index is 0.322. The van der Waals surface area contributed by atoms with Gasteiger partial charge in [-0.05, 0) is 31.2 Å². The summed E-state index contributed by atoms with van der Waals surface area (Å²) in [5, 5.41) is 0. The molecule has 5 heteroatoms. The predicted octanol–water partition coefficient (Wildman–Crippen LogP) is 2.56. The van der Waals surface area contributed by atoms with Crippen LogP contribution in [-0.4, -0.2) is 12.5 Å². The number of primary amides is 1. The Bertz CT molecular complexity index is 626. The van der Waals surface area contributed by atoms with E-state index in [-0.39, 0.29) is 0 Å². The first-order chi connectivity index (χ1) is 9.61. The van der Waals surface area contributed by atoms with Crippen molar-refractivity contribution in [1.29, 1.82) is 0 Å². The maximum absolute atomic E-state index is 11.3. The summed E-state index contributed by atoms with van der Waals surface area (Å²) in [5.41, 5.74) is 12.0. The van der Waals surface area contributed by atoms with Gasteiger partial charge in [0.2, 0.25) is 0 Å². The summed E-state index contributed by atoms with van der Waals surface area (Å²) in [7, 11) is 0. The molecule has 104 valence electrons. The molecule has 0 unspecified atom stereocenters. The highest BCUT2D eigenvalue weighted by Crippen LogP contribution is 2.31. The molecular formula is C15H16N2O3. The maximum Gasteiger partial charge on any atom is 0.252 e. The molecule has 0 saturated heterocycles. The molecule has 0 saturated carbocycles. The van der Waals surface area contributed by atoms with Crippen molar-refractivity contribution in [1.82, 2.24) is 0 Å². The van der Waals surface area contributed by atoms with Gasteiger partial charge >= 0.3 is 0 Å². The van der Waals surface area contributed by atoms with Crippen LogP contribution in [0.25, 0.3) is 0 Å². The second kappa shape index (κ2) is 5.97. The Balaban J connectivity index is 2.31. The van der Waals surface area contributed by atoms with Crippen LogP contribution in [0.4, 0.5) is 5.69 Å². The molecule has 0 aliphatic carbocycles. The Hall–Kier alpha value is -2.69. The Labute approximate surface area is 117 Å². The molecule has 2 rings (SSSR count). The van der Waals surface area contributed by atoms with Gasteiger partial charge in [0.1, 0.15) is 17.2 Å². The van der Waals surface area contributed by atoms with Gasteiger partial charge in [-0.1, -0.05) is 12.1 Å². The zero-order valence-electron chi connectivity index (χ0n) is 11.1. The van der Waals surface area contributed by atoms with Gasteiger partial charge in [0.15, 0.2) is 0 Å². The zero-order chi connectivity index (χ0) is 14.5. The molecule has 1 amide bonds. The van der Waals surface area contributed by atoms with Gasteiger partial charge in [-0.2, -0.15) is 0 Å². The predicted molar refractivity (Wildman–Crippen MR) is 77.1 cm³/mol. The molecule has 0 spiro atoms. The fourth-order valence-corrected chi connectivity index (χ4v) is 1.74. The number of rotatable bonds is 5. The fraction of sp³-hybridized carbons (Fsp3) is 0.133. The van der Waals surface area contributed by atoms with Gasteiger partial charge < -0.3 is 20.9 Å². The number of carbonyl (C=O) groups is 1. The van der Waals surface area contributed by atoms with Crippen molar-refractivity contribution in [2.45, 2.75) is 6.92 Å². The van der Waals surface area contributed by atoms with Crippen LogP contribution in [0.15, 0.2) is 42.5 Å². The van der Waals surface area contributed by atoms with E-state index in [1.54, 1.807) is 42.5 Å². The topological polar surface area (TPSA) is 87.6 Å². The van der Waals surface area contributed by atoms with Crippen LogP contribution >= 0.6 is 0 Å². The van der Waals surface area contributed by atoms with Crippen LogP contribution in [0.3, 0.4) is 0 Å². The van der Waals surface area contributed by atoms with Crippen LogP contribution in [0.2, 0.25) is 0 Å². The first kappa shape index (κ1) is 13.7. The quantitative estimate of drug-likeness (QED) is 0.819. The number of nitrogens with two attached hydrogens (primary N) is 2. The van der Waals surface area contributed by atoms with E-state index in [2.05, 4.69) is 0 Å². The second-order valence-electron chi connectivity index (χ2n) is 4.10. The number of nitrogen functional groups attached to an aromatic ring is 1. The first-order valence-electron chi connectivity index (χ1n) is 6.21. The highest BCUT2D eigenvalue weighted by Gasteiger charge is 2.10. The lowest BCUT2D eigenvalue weighted by Gasteiger charge is -2.12. The van der Waals surface area contributed by atoms with Gasteiger partial charge in [-0.3, -0.25) is 4.79 Å². The van der Waals surface area contributed by atoms with Crippen molar-refractivity contribution in [3.05, 3.63) is 48.0 Å². The molecule has 0 radical (unpaired) electrons. The number of anilines is 1. The zero-order valence-corrected chi connectivity index (χ0v) is 11.1. The van der Waals surface area contributed by atoms with E-state index >= 15 is 0 Å². The molecule has 0 heterocycles. The highest BCUT2D eigenvalue weighted by molar-refractivity contribution is 5.95. The Morgan fingerprint density at radius 2 is 1.90 bits per heavy atom. The number of amides is 1. The minimum Gasteiger partial charge on any atom is -0.492 e. The van der Waals surface area contributed by atoms with Crippen LogP contribution in [-0.2, 0) is 0 Å². The number of ether oxygens (including phenoxy) is 2. The van der Waals surface area contributed by atoms with Gasteiger partial charge in [0, 0.05) is 6.07 Å². The normalized spacial score (nSPS) is 10.1. The van der Waals surface area contributed by atoms with Gasteiger partial charge in [0.05, 0.1) is 17.9 Å². The number of carbonyl (C=O) groups excluding carboxylic acids is 1. The van der Waals surface area contributed by atoms with Crippen molar-refractivity contribution in [3.63, 3.8) is 0 Å². The molecule has 2 aromatic rings. The molecule has 0 aromatic heterocycles. The van der Waals surface area contributed by atoms with Crippen LogP contribution < -0.4 is 20.9 Å². The van der Waals surface area contributed by atoms with Crippen molar-refractivity contribution < 1.29 is 14.3 Å². The monoisotopic (exact) mass is 272 g/mol. The Kier molecular flexibility index (Phi) is 4.10. The smallest absolute Gasteiger partial charge is 0.252 e. The van der Waals surface area contributed by atoms with E-state index in [9.17, 15) is 4.79 Å². The minimum atomic E-state index is -0.541. The van der Waals surface area contributed by atoms with Crippen LogP contribution in [0.1, 0.15) is 17.3 Å². The van der Waals surface area contributed by atoms with E-state index in [0.29, 0.717) is 35.1 Å². The van der Waals surface area contributed by atoms with Crippen molar-refractivity contribution in [3.8, 4) is 17.2 Å². The molecule has 20 heavy (non-hydrogen) atoms. The van der Waals surface area contributed by atoms with Gasteiger partial charge in [-0.15, -0.1) is 0 Å². The summed E-state index contributed by atoms with van der Waals surface area (Å²) < 4.78 is 11.1. The molecule has 0 fully saturated rings. The van der Waals surface area contributed by atoms with Crippen LogP contribution in [0, 0.1) is 0 Å². The number of para-hydroxylation sites is 1. The molecule has 4 N–H and O–H groups in total. The first-order valence-corrected chi connectivity index (χ1v) is 6.21.